The van der Waals surface area contributed by atoms with Crippen molar-refractivity contribution < 1.29 is 13.2 Å². The molecule has 0 saturated carbocycles. The number of unbranched alkanes of at least 4 members (excludes halogenated alkanes) is 2. The number of aromatic nitrogens is 3. The van der Waals surface area contributed by atoms with Crippen LogP contribution in [0, 0.1) is 0 Å². The molecule has 0 aliphatic rings. The van der Waals surface area contributed by atoms with Crippen LogP contribution in [0.3, 0.4) is 0 Å². The third-order valence-electron chi connectivity index (χ3n) is 13.1. The van der Waals surface area contributed by atoms with Crippen LogP contribution in [0.1, 0.15) is 46.0 Å². The first-order valence-corrected chi connectivity index (χ1v) is 35.2. The lowest BCUT2D eigenvalue weighted by Crippen LogP contribution is -2.02. The summed E-state index contributed by atoms with van der Waals surface area (Å²) in [5.74, 6) is 2.28. The number of thiophene rings is 6. The summed E-state index contributed by atoms with van der Waals surface area (Å²) in [7, 11) is -0.589. The zero-order valence-electron chi connectivity index (χ0n) is 44.9. The molecule has 2 atom stereocenters. The summed E-state index contributed by atoms with van der Waals surface area (Å²) in [6.45, 7) is 4.91. The maximum absolute atomic E-state index is 12.8. The first-order valence-electron chi connectivity index (χ1n) is 26.5. The molecule has 9 aromatic heterocycles. The predicted octanol–water partition coefficient (Wildman–Crippen LogP) is 18.8. The lowest BCUT2D eigenvalue weighted by molar-refractivity contribution is 0.200. The highest BCUT2D eigenvalue weighted by Crippen LogP contribution is 2.47. The molecular weight excluding hydrogens is 1180 g/mol. The van der Waals surface area contributed by atoms with E-state index in [1.165, 1.54) is 55.7 Å². The molecule has 0 fully saturated rings. The van der Waals surface area contributed by atoms with E-state index in [1.54, 1.807) is 52.5 Å². The van der Waals surface area contributed by atoms with Crippen LogP contribution in [-0.4, -0.2) is 54.3 Å². The van der Waals surface area contributed by atoms with E-state index in [0.717, 1.165) is 115 Å². The van der Waals surface area contributed by atoms with Crippen molar-refractivity contribution in [3.63, 3.8) is 0 Å². The molecule has 0 aliphatic carbocycles. The third-order valence-corrected chi connectivity index (χ3v) is 24.2. The summed E-state index contributed by atoms with van der Waals surface area (Å²) in [6, 6.07) is 49.6. The third kappa shape index (κ3) is 13.5. The molecular formula is C63H60N6O3S9. The van der Waals surface area contributed by atoms with Gasteiger partial charge in [-0.1, -0.05) is 136 Å². The molecule has 0 bridgehead atoms. The molecule has 3 aromatic carbocycles. The fourth-order valence-electron chi connectivity index (χ4n) is 9.04. The first-order chi connectivity index (χ1) is 39.6. The molecule has 9 nitrogen and oxygen atoms in total. The summed E-state index contributed by atoms with van der Waals surface area (Å²) in [5.41, 5.74) is 31.2. The molecule has 0 radical (unpaired) electrons. The number of hydrogen-bond acceptors (Lipinski definition) is 16. The van der Waals surface area contributed by atoms with Crippen LogP contribution in [-0.2, 0) is 26.3 Å². The topological polar surface area (TPSA) is 160 Å². The predicted molar refractivity (Wildman–Crippen MR) is 358 cm³/mol. The van der Waals surface area contributed by atoms with Crippen molar-refractivity contribution in [3.8, 4) is 65.1 Å². The molecule has 0 aliphatic heterocycles. The summed E-state index contributed by atoms with van der Waals surface area (Å²) < 4.78 is 33.3. The average Bonchev–Trinajstić information content (AvgIpc) is 4.50. The summed E-state index contributed by atoms with van der Waals surface area (Å²) in [4.78, 5) is 20.8. The average molecular weight is 1240 g/mol. The van der Waals surface area contributed by atoms with E-state index >= 15 is 0 Å². The number of ether oxygens (including phenoxy) is 1. The van der Waals surface area contributed by atoms with Crippen LogP contribution in [0.15, 0.2) is 174 Å². The number of fused-ring (bicyclic) bond motifs is 3. The number of methoxy groups -OCH3 is 1. The van der Waals surface area contributed by atoms with Gasteiger partial charge in [0.15, 0.2) is 0 Å². The highest BCUT2D eigenvalue weighted by atomic mass is 32.2. The standard InChI is InChI=1S/C21H20N2O2S3.C21H20N2OS3.C21H20N2S3/c1-25-10-6-12-28(24)21-19(22)18-15(14-7-3-2-4-8-14)13-16(23-20(18)27-21)17-9-5-11-26-17;1-2-3-12-27(24)21-19(22)18-15(14-8-5-4-6-9-14)13-16(23-20(18)26-21)17-10-7-11-25-17;1-2-3-11-25-21-19(22)18-15(14-8-5-4-6-9-14)13-16(23-20(18)26-21)17-10-7-12-24-17/h2-5,7-9,11,13H,6,10,12,22H2,1H3;4-11,13H,2-3,12,22H2,1H3;4-10,12-13H,2-3,11,22H2,1H3. The van der Waals surface area contributed by atoms with E-state index in [4.69, 9.17) is 36.9 Å². The fourth-order valence-corrected chi connectivity index (χ4v) is 19.0. The molecule has 414 valence electrons. The Bertz CT molecular complexity index is 4030. The van der Waals surface area contributed by atoms with E-state index in [2.05, 4.69) is 116 Å². The highest BCUT2D eigenvalue weighted by molar-refractivity contribution is 8.01. The van der Waals surface area contributed by atoms with Crippen LogP contribution >= 0.6 is 79.8 Å². The van der Waals surface area contributed by atoms with E-state index in [9.17, 15) is 8.42 Å². The largest absolute Gasteiger partial charge is 0.397 e. The van der Waals surface area contributed by atoms with Gasteiger partial charge in [-0.2, -0.15) is 0 Å². The van der Waals surface area contributed by atoms with Crippen molar-refractivity contribution in [2.45, 2.75) is 58.6 Å². The Hall–Kier alpha value is -5.90. The van der Waals surface area contributed by atoms with E-state index in [1.807, 2.05) is 71.7 Å². The van der Waals surface area contributed by atoms with Gasteiger partial charge in [0.1, 0.15) is 22.9 Å². The Labute approximate surface area is 506 Å². The Morgan fingerprint density at radius 2 is 0.864 bits per heavy atom. The SMILES string of the molecule is CCCCS(=O)c1sc2nc(-c3cccs3)cc(-c3ccccc3)c2c1N.CCCCSc1sc2nc(-c3cccs3)cc(-c3ccccc3)c2c1N.COCCCS(=O)c1sc2nc(-c3cccs3)cc(-c3ccccc3)c2c1N. The lowest BCUT2D eigenvalue weighted by Gasteiger charge is -2.08. The van der Waals surface area contributed by atoms with Crippen molar-refractivity contribution in [2.24, 2.45) is 0 Å². The number of thioether (sulfide) groups is 1. The van der Waals surface area contributed by atoms with Crippen LogP contribution in [0.5, 0.6) is 0 Å². The van der Waals surface area contributed by atoms with Gasteiger partial charge in [0, 0.05) is 41.4 Å². The second-order valence-corrected chi connectivity index (χ2v) is 29.4. The fraction of sp³-hybridized carbons (Fsp3) is 0.190. The minimum absolute atomic E-state index is 0.531. The lowest BCUT2D eigenvalue weighted by atomic mass is 10.0. The number of nitrogens with two attached hydrogens (primary N) is 3. The van der Waals surface area contributed by atoms with Gasteiger partial charge in [0.2, 0.25) is 0 Å². The Kier molecular flexibility index (Phi) is 20.1. The van der Waals surface area contributed by atoms with Crippen molar-refractivity contribution in [3.05, 3.63) is 162 Å². The Balaban J connectivity index is 0.000000136. The molecule has 12 aromatic rings. The monoisotopic (exact) mass is 1240 g/mol. The van der Waals surface area contributed by atoms with E-state index in [-0.39, 0.29) is 0 Å². The summed E-state index contributed by atoms with van der Waals surface area (Å²) >= 11 is 11.5. The minimum Gasteiger partial charge on any atom is -0.397 e. The zero-order valence-corrected chi connectivity index (χ0v) is 52.3. The number of anilines is 3. The summed E-state index contributed by atoms with van der Waals surface area (Å²) in [5, 5.41) is 9.11. The van der Waals surface area contributed by atoms with Crippen molar-refractivity contribution in [2.75, 3.05) is 48.2 Å². The van der Waals surface area contributed by atoms with Crippen molar-refractivity contribution >= 4 is 149 Å². The molecule has 0 saturated heterocycles. The van der Waals surface area contributed by atoms with Gasteiger partial charge in [-0.3, -0.25) is 8.42 Å². The molecule has 6 N–H and O–H groups in total. The second kappa shape index (κ2) is 27.9. The van der Waals surface area contributed by atoms with Crippen LogP contribution in [0.2, 0.25) is 0 Å². The van der Waals surface area contributed by atoms with Gasteiger partial charge >= 0.3 is 0 Å². The number of benzene rings is 3. The van der Waals surface area contributed by atoms with Gasteiger partial charge < -0.3 is 21.9 Å². The number of nitrogen functional groups attached to an aromatic ring is 3. The normalized spacial score (nSPS) is 12.1. The van der Waals surface area contributed by atoms with Gasteiger partial charge in [-0.25, -0.2) is 15.0 Å². The maximum atomic E-state index is 12.8. The Morgan fingerprint density at radius 3 is 1.23 bits per heavy atom. The highest BCUT2D eigenvalue weighted by Gasteiger charge is 2.24. The molecule has 81 heavy (non-hydrogen) atoms. The second-order valence-electron chi connectivity index (χ2n) is 18.6. The zero-order chi connectivity index (χ0) is 56.2. The molecule has 9 heterocycles. The number of rotatable bonds is 19. The van der Waals surface area contributed by atoms with Gasteiger partial charge in [-0.05, 0) is 111 Å². The van der Waals surface area contributed by atoms with E-state index in [0.29, 0.717) is 33.7 Å². The molecule has 2 unspecified atom stereocenters. The van der Waals surface area contributed by atoms with Crippen LogP contribution in [0.4, 0.5) is 17.1 Å². The van der Waals surface area contributed by atoms with Crippen LogP contribution < -0.4 is 17.2 Å². The van der Waals surface area contributed by atoms with Crippen molar-refractivity contribution in [1.29, 1.82) is 0 Å². The van der Waals surface area contributed by atoms with Crippen LogP contribution in [0.25, 0.3) is 95.7 Å². The number of nitrogens with zero attached hydrogens (tertiary/aromatic N) is 3. The molecule has 12 rings (SSSR count). The smallest absolute Gasteiger partial charge is 0.127 e. The summed E-state index contributed by atoms with van der Waals surface area (Å²) in [6.07, 6.45) is 5.09. The molecule has 18 heteroatoms. The minimum atomic E-state index is -1.16. The molecule has 0 spiro atoms. The number of pyridine rings is 3. The van der Waals surface area contributed by atoms with Gasteiger partial charge in [-0.15, -0.1) is 79.8 Å². The molecule has 0 amide bonds. The van der Waals surface area contributed by atoms with E-state index < -0.39 is 21.6 Å². The maximum Gasteiger partial charge on any atom is 0.127 e. The number of hydrogen-bond donors (Lipinski definition) is 3. The first kappa shape index (κ1) is 58.3. The van der Waals surface area contributed by atoms with Gasteiger partial charge in [0.25, 0.3) is 0 Å². The van der Waals surface area contributed by atoms with Crippen molar-refractivity contribution in [1.82, 2.24) is 15.0 Å². The Morgan fingerprint density at radius 1 is 0.481 bits per heavy atom. The quantitative estimate of drug-likeness (QED) is 0.0525. The van der Waals surface area contributed by atoms with Gasteiger partial charge in [0.05, 0.1) is 74.6 Å².